The van der Waals surface area contributed by atoms with Crippen LogP contribution in [0, 0.1) is 6.92 Å². The Hall–Kier alpha value is -2.21. The second-order valence-corrected chi connectivity index (χ2v) is 7.53. The predicted octanol–water partition coefficient (Wildman–Crippen LogP) is 5.32. The van der Waals surface area contributed by atoms with Crippen molar-refractivity contribution < 1.29 is 9.67 Å². The van der Waals surface area contributed by atoms with Gasteiger partial charge in [0.15, 0.2) is 17.4 Å². The van der Waals surface area contributed by atoms with Crippen LogP contribution in [0.4, 0.5) is 5.69 Å². The zero-order valence-corrected chi connectivity index (χ0v) is 15.8. The quantitative estimate of drug-likeness (QED) is 0.275. The van der Waals surface area contributed by atoms with Gasteiger partial charge in [0.2, 0.25) is 5.76 Å². The minimum atomic E-state index is 0.0817. The molecule has 0 unspecified atom stereocenters. The van der Waals surface area contributed by atoms with Gasteiger partial charge in [-0.3, -0.25) is 0 Å². The standard InChI is InChI=1S/C19H15ClN2OS2/c1-13-6-5-7-14(12-13)21-19(24)17(22-10-3-2-4-11-22)18(23)15-8-9-16(20)25-15/h2-12H,1H3,(H-,21,23,24)/p+1. The van der Waals surface area contributed by atoms with Crippen molar-refractivity contribution in [3.63, 3.8) is 0 Å². The number of benzene rings is 1. The molecule has 0 aliphatic rings. The number of rotatable bonds is 4. The van der Waals surface area contributed by atoms with Gasteiger partial charge in [0, 0.05) is 17.8 Å². The van der Waals surface area contributed by atoms with Gasteiger partial charge in [-0.05, 0) is 36.8 Å². The molecule has 0 saturated carbocycles. The molecule has 126 valence electrons. The average molecular weight is 388 g/mol. The zero-order chi connectivity index (χ0) is 17.8. The minimum absolute atomic E-state index is 0.0817. The molecule has 0 bridgehead atoms. The number of aliphatic hydroxyl groups is 1. The number of aromatic nitrogens is 1. The van der Waals surface area contributed by atoms with Crippen molar-refractivity contribution in [1.29, 1.82) is 0 Å². The molecule has 0 spiro atoms. The second kappa shape index (κ2) is 7.78. The van der Waals surface area contributed by atoms with E-state index in [1.807, 2.05) is 61.8 Å². The summed E-state index contributed by atoms with van der Waals surface area (Å²) in [5, 5.41) is 14.0. The Balaban J connectivity index is 2.04. The highest BCUT2D eigenvalue weighted by Gasteiger charge is 2.24. The van der Waals surface area contributed by atoms with Crippen molar-refractivity contribution in [2.45, 2.75) is 6.92 Å². The van der Waals surface area contributed by atoms with Crippen molar-refractivity contribution >= 4 is 57.3 Å². The Morgan fingerprint density at radius 2 is 1.88 bits per heavy atom. The summed E-state index contributed by atoms with van der Waals surface area (Å²) >= 11 is 12.9. The van der Waals surface area contributed by atoms with Gasteiger partial charge in [0.1, 0.15) is 0 Å². The van der Waals surface area contributed by atoms with Gasteiger partial charge in [0.25, 0.3) is 5.70 Å². The maximum absolute atomic E-state index is 10.8. The van der Waals surface area contributed by atoms with Crippen LogP contribution in [0.2, 0.25) is 4.34 Å². The number of thiophene rings is 1. The van der Waals surface area contributed by atoms with E-state index in [4.69, 9.17) is 23.8 Å². The number of nitrogens with one attached hydrogen (secondary N) is 1. The van der Waals surface area contributed by atoms with Crippen LogP contribution in [0.15, 0.2) is 67.0 Å². The molecule has 2 heterocycles. The molecule has 3 nitrogen and oxygen atoms in total. The van der Waals surface area contributed by atoms with Crippen LogP contribution in [-0.2, 0) is 0 Å². The van der Waals surface area contributed by atoms with Crippen LogP contribution < -0.4 is 9.88 Å². The smallest absolute Gasteiger partial charge is 0.289 e. The lowest BCUT2D eigenvalue weighted by molar-refractivity contribution is -0.575. The minimum Gasteiger partial charge on any atom is -0.501 e. The molecule has 2 aromatic heterocycles. The van der Waals surface area contributed by atoms with Gasteiger partial charge < -0.3 is 10.4 Å². The van der Waals surface area contributed by atoms with Crippen molar-refractivity contribution in [1.82, 2.24) is 0 Å². The molecular weight excluding hydrogens is 372 g/mol. The lowest BCUT2D eigenvalue weighted by atomic mass is 10.2. The van der Waals surface area contributed by atoms with Crippen LogP contribution in [0.5, 0.6) is 0 Å². The van der Waals surface area contributed by atoms with Crippen molar-refractivity contribution in [2.75, 3.05) is 5.32 Å². The fourth-order valence-electron chi connectivity index (χ4n) is 2.37. The molecule has 3 aromatic rings. The number of nitrogens with zero attached hydrogens (tertiary/aromatic N) is 1. The second-order valence-electron chi connectivity index (χ2n) is 5.41. The predicted molar refractivity (Wildman–Crippen MR) is 109 cm³/mol. The number of aliphatic hydroxyl groups excluding tert-OH is 1. The molecule has 0 aliphatic carbocycles. The first-order valence-corrected chi connectivity index (χ1v) is 9.18. The number of halogens is 1. The SMILES string of the molecule is Cc1cccc(NC(=S)/C(=C(\O)c2ccc(Cl)s2)[n+]2ccccc2)c1. The summed E-state index contributed by atoms with van der Waals surface area (Å²) in [6.07, 6.45) is 3.68. The maximum Gasteiger partial charge on any atom is 0.289 e. The highest BCUT2D eigenvalue weighted by molar-refractivity contribution is 7.81. The molecule has 6 heteroatoms. The van der Waals surface area contributed by atoms with Crippen molar-refractivity contribution in [3.8, 4) is 0 Å². The van der Waals surface area contributed by atoms with E-state index in [-0.39, 0.29) is 5.76 Å². The molecule has 3 rings (SSSR count). The molecule has 0 fully saturated rings. The number of aryl methyl sites for hydroxylation is 1. The van der Waals surface area contributed by atoms with Crippen LogP contribution in [0.25, 0.3) is 11.5 Å². The Bertz CT molecular complexity index is 935. The lowest BCUT2D eigenvalue weighted by Gasteiger charge is -2.10. The number of anilines is 1. The lowest BCUT2D eigenvalue weighted by Crippen LogP contribution is -2.38. The Morgan fingerprint density at radius 3 is 2.52 bits per heavy atom. The Kier molecular flexibility index (Phi) is 5.48. The van der Waals surface area contributed by atoms with E-state index in [2.05, 4.69) is 5.32 Å². The zero-order valence-electron chi connectivity index (χ0n) is 13.4. The molecule has 0 amide bonds. The van der Waals surface area contributed by atoms with Gasteiger partial charge in [0.05, 0.1) is 9.21 Å². The Labute approximate surface area is 160 Å². The summed E-state index contributed by atoms with van der Waals surface area (Å²) in [5.41, 5.74) is 2.49. The summed E-state index contributed by atoms with van der Waals surface area (Å²) in [6.45, 7) is 2.02. The first kappa shape index (κ1) is 17.6. The summed E-state index contributed by atoms with van der Waals surface area (Å²) in [4.78, 5) is 1.08. The third kappa shape index (κ3) is 4.25. The number of thiocarbonyl (C=S) groups is 1. The maximum atomic E-state index is 10.8. The van der Waals surface area contributed by atoms with E-state index in [9.17, 15) is 5.11 Å². The highest BCUT2D eigenvalue weighted by Crippen LogP contribution is 2.28. The fourth-order valence-corrected chi connectivity index (χ4v) is 3.67. The third-order valence-corrected chi connectivity index (χ3v) is 5.03. The molecule has 0 radical (unpaired) electrons. The summed E-state index contributed by atoms with van der Waals surface area (Å²) in [7, 11) is 0. The van der Waals surface area contributed by atoms with Crippen LogP contribution in [0.1, 0.15) is 10.4 Å². The summed E-state index contributed by atoms with van der Waals surface area (Å²) in [5.74, 6) is 0.0817. The Morgan fingerprint density at radius 1 is 1.12 bits per heavy atom. The molecular formula is C19H16ClN2OS2+. The first-order chi connectivity index (χ1) is 12.0. The highest BCUT2D eigenvalue weighted by atomic mass is 35.5. The third-order valence-electron chi connectivity index (χ3n) is 3.50. The van der Waals surface area contributed by atoms with Crippen LogP contribution in [-0.4, -0.2) is 10.1 Å². The number of pyridine rings is 1. The van der Waals surface area contributed by atoms with Gasteiger partial charge in [-0.1, -0.05) is 42.0 Å². The monoisotopic (exact) mass is 387 g/mol. The normalized spacial score (nSPS) is 11.8. The van der Waals surface area contributed by atoms with Crippen molar-refractivity contribution in [3.05, 3.63) is 81.8 Å². The van der Waals surface area contributed by atoms with E-state index >= 15 is 0 Å². The molecule has 2 N–H and O–H groups in total. The van der Waals surface area contributed by atoms with Crippen LogP contribution >= 0.6 is 35.2 Å². The van der Waals surface area contributed by atoms with Gasteiger partial charge in [-0.25, -0.2) is 0 Å². The van der Waals surface area contributed by atoms with Gasteiger partial charge in [-0.15, -0.1) is 11.3 Å². The topological polar surface area (TPSA) is 36.1 Å². The molecule has 25 heavy (non-hydrogen) atoms. The van der Waals surface area contributed by atoms with E-state index in [1.54, 1.807) is 16.7 Å². The van der Waals surface area contributed by atoms with E-state index in [0.717, 1.165) is 11.3 Å². The van der Waals surface area contributed by atoms with Gasteiger partial charge in [-0.2, -0.15) is 4.57 Å². The largest absolute Gasteiger partial charge is 0.501 e. The average Bonchev–Trinajstić information content (AvgIpc) is 3.02. The van der Waals surface area contributed by atoms with E-state index in [1.165, 1.54) is 11.3 Å². The molecule has 0 saturated heterocycles. The fraction of sp³-hybridized carbons (Fsp3) is 0.0526. The van der Waals surface area contributed by atoms with E-state index in [0.29, 0.717) is 19.9 Å². The van der Waals surface area contributed by atoms with Crippen LogP contribution in [0.3, 0.4) is 0 Å². The molecule has 1 aromatic carbocycles. The summed E-state index contributed by atoms with van der Waals surface area (Å²) in [6, 6.07) is 17.1. The molecule has 0 aliphatic heterocycles. The molecule has 0 atom stereocenters. The van der Waals surface area contributed by atoms with E-state index < -0.39 is 0 Å². The van der Waals surface area contributed by atoms with Crippen molar-refractivity contribution in [2.24, 2.45) is 0 Å². The number of hydrogen-bond donors (Lipinski definition) is 2. The first-order valence-electron chi connectivity index (χ1n) is 7.58. The summed E-state index contributed by atoms with van der Waals surface area (Å²) < 4.78 is 2.39. The van der Waals surface area contributed by atoms with Gasteiger partial charge >= 0.3 is 0 Å². The number of hydrogen-bond acceptors (Lipinski definition) is 3.